The maximum atomic E-state index is 12.7. The highest BCUT2D eigenvalue weighted by molar-refractivity contribution is 6.31. The second-order valence-corrected chi connectivity index (χ2v) is 9.17. The number of imidazole rings is 1. The smallest absolute Gasteiger partial charge is 0.287 e. The van der Waals surface area contributed by atoms with Crippen LogP contribution in [0.2, 0.25) is 10.0 Å². The third-order valence-electron chi connectivity index (χ3n) is 6.46. The highest BCUT2D eigenvalue weighted by Gasteiger charge is 2.62. The molecule has 0 bridgehead atoms. The molecule has 152 valence electrons. The topological polar surface area (TPSA) is 107 Å². The number of aliphatic hydroxyl groups is 1. The summed E-state index contributed by atoms with van der Waals surface area (Å²) in [4.78, 5) is 20.0. The molecule has 0 spiro atoms. The number of amides is 1. The number of carbonyl (C=O) groups excluding carboxylic acids is 1. The molecule has 2 heterocycles. The molecule has 4 aromatic rings. The molecule has 1 amide bonds. The molecule has 2 fully saturated rings. The van der Waals surface area contributed by atoms with Crippen molar-refractivity contribution in [2.24, 2.45) is 11.8 Å². The molecular weight excluding hydrogens is 425 g/mol. The maximum Gasteiger partial charge on any atom is 0.287 e. The van der Waals surface area contributed by atoms with Crippen LogP contribution in [0.4, 0.5) is 0 Å². The number of fused-ring (bicyclic) bond motifs is 3. The Morgan fingerprint density at radius 1 is 1.13 bits per heavy atom. The van der Waals surface area contributed by atoms with E-state index in [1.807, 2.05) is 6.07 Å². The highest BCUT2D eigenvalue weighted by atomic mass is 35.5. The normalized spacial score (nSPS) is 27.5. The van der Waals surface area contributed by atoms with Gasteiger partial charge in [-0.05, 0) is 60.6 Å². The van der Waals surface area contributed by atoms with Gasteiger partial charge in [-0.1, -0.05) is 23.2 Å². The number of hydrogen-bond acceptors (Lipinski definition) is 4. The number of nitrogens with zero attached hydrogens (tertiary/aromatic N) is 2. The van der Waals surface area contributed by atoms with Gasteiger partial charge in [0.25, 0.3) is 5.91 Å². The van der Waals surface area contributed by atoms with Gasteiger partial charge < -0.3 is 15.4 Å². The summed E-state index contributed by atoms with van der Waals surface area (Å²) >= 11 is 12.2. The summed E-state index contributed by atoms with van der Waals surface area (Å²) < 4.78 is 0. The van der Waals surface area contributed by atoms with E-state index in [1.165, 1.54) is 0 Å². The lowest BCUT2D eigenvalue weighted by molar-refractivity contribution is 0.0293. The highest BCUT2D eigenvalue weighted by Crippen LogP contribution is 2.60. The van der Waals surface area contributed by atoms with Crippen LogP contribution < -0.4 is 5.32 Å². The van der Waals surface area contributed by atoms with Gasteiger partial charge in [0.05, 0.1) is 28.3 Å². The van der Waals surface area contributed by atoms with Crippen LogP contribution in [0.3, 0.4) is 0 Å². The van der Waals surface area contributed by atoms with Crippen molar-refractivity contribution in [1.29, 1.82) is 0 Å². The monoisotopic (exact) mass is 441 g/mol. The van der Waals surface area contributed by atoms with Crippen LogP contribution in [-0.2, 0) is 5.60 Å². The van der Waals surface area contributed by atoms with Crippen LogP contribution in [0.25, 0.3) is 21.9 Å². The summed E-state index contributed by atoms with van der Waals surface area (Å²) in [6.07, 6.45) is 2.86. The van der Waals surface area contributed by atoms with Gasteiger partial charge in [0.2, 0.25) is 0 Å². The van der Waals surface area contributed by atoms with Gasteiger partial charge >= 0.3 is 0 Å². The van der Waals surface area contributed by atoms with Crippen LogP contribution >= 0.6 is 23.2 Å². The molecule has 0 radical (unpaired) electrons. The molecule has 7 nitrogen and oxygen atoms in total. The van der Waals surface area contributed by atoms with E-state index in [-0.39, 0.29) is 29.6 Å². The fraction of sp³-hybridized carbons (Fsp3) is 0.286. The Morgan fingerprint density at radius 2 is 1.93 bits per heavy atom. The lowest BCUT2D eigenvalue weighted by Crippen LogP contribution is -2.34. The van der Waals surface area contributed by atoms with E-state index in [4.69, 9.17) is 23.2 Å². The second kappa shape index (κ2) is 6.20. The number of benzene rings is 2. The first-order valence-corrected chi connectivity index (χ1v) is 10.5. The molecule has 4 N–H and O–H groups in total. The number of rotatable bonds is 3. The molecule has 0 aliphatic heterocycles. The van der Waals surface area contributed by atoms with E-state index >= 15 is 0 Å². The largest absolute Gasteiger partial charge is 0.385 e. The fourth-order valence-electron chi connectivity index (χ4n) is 5.01. The molecule has 2 aromatic carbocycles. The molecule has 2 aliphatic rings. The molecule has 6 rings (SSSR count). The number of aromatic nitrogens is 4. The molecular formula is C21H17Cl2N5O2. The van der Waals surface area contributed by atoms with Crippen molar-refractivity contribution in [2.45, 2.75) is 24.5 Å². The first kappa shape index (κ1) is 18.2. The Morgan fingerprint density at radius 3 is 2.73 bits per heavy atom. The first-order valence-electron chi connectivity index (χ1n) is 9.73. The van der Waals surface area contributed by atoms with Crippen molar-refractivity contribution < 1.29 is 9.90 Å². The average molecular weight is 442 g/mol. The van der Waals surface area contributed by atoms with Gasteiger partial charge in [0.15, 0.2) is 5.82 Å². The Balaban J connectivity index is 1.19. The lowest BCUT2D eigenvalue weighted by atomic mass is 9.86. The van der Waals surface area contributed by atoms with Crippen LogP contribution in [0.5, 0.6) is 0 Å². The van der Waals surface area contributed by atoms with E-state index in [0.29, 0.717) is 28.4 Å². The molecule has 2 aromatic heterocycles. The summed E-state index contributed by atoms with van der Waals surface area (Å²) in [5.41, 5.74) is 2.05. The van der Waals surface area contributed by atoms with Gasteiger partial charge in [-0.15, -0.1) is 0 Å². The molecule has 0 unspecified atom stereocenters. The van der Waals surface area contributed by atoms with Crippen molar-refractivity contribution in [3.63, 3.8) is 0 Å². The number of carbonyl (C=O) groups is 1. The molecule has 9 heteroatoms. The Labute approximate surface area is 180 Å². The van der Waals surface area contributed by atoms with Gasteiger partial charge in [-0.25, -0.2) is 4.98 Å². The van der Waals surface area contributed by atoms with Gasteiger partial charge in [-0.2, -0.15) is 5.10 Å². The van der Waals surface area contributed by atoms with E-state index < -0.39 is 5.60 Å². The number of nitrogens with one attached hydrogen (secondary N) is 3. The third kappa shape index (κ3) is 2.73. The van der Waals surface area contributed by atoms with Crippen molar-refractivity contribution in [2.75, 3.05) is 0 Å². The predicted molar refractivity (Wildman–Crippen MR) is 114 cm³/mol. The number of H-pyrrole nitrogens is 2. The Kier molecular flexibility index (Phi) is 3.76. The standard InChI is InChI=1S/C21H17Cl2N5O2/c22-9-1-2-15-17(4-9)26-19(25-15)20(29)27-18-11-6-21(30,7-12(11)18)14-3-10(23)5-16-13(14)8-24-28-16/h1-5,8,11-12,18,30H,6-7H2,(H,24,28)(H,25,26)(H,27,29)/t11-,12+,18+,21+. The number of hydrogen-bond donors (Lipinski definition) is 4. The van der Waals surface area contributed by atoms with Crippen LogP contribution in [-0.4, -0.2) is 37.2 Å². The van der Waals surface area contributed by atoms with Crippen molar-refractivity contribution in [1.82, 2.24) is 25.5 Å². The fourth-order valence-corrected chi connectivity index (χ4v) is 5.39. The van der Waals surface area contributed by atoms with E-state index in [9.17, 15) is 9.90 Å². The zero-order valence-corrected chi connectivity index (χ0v) is 17.1. The van der Waals surface area contributed by atoms with E-state index in [1.54, 1.807) is 30.5 Å². The molecule has 0 saturated heterocycles. The molecule has 4 atom stereocenters. The SMILES string of the molecule is O=C(N[C@H]1[C@@H]2C[C@@](O)(c3cc(Cl)cc4[nH]ncc34)C[C@@H]21)c1nc2cc(Cl)ccc2[nH]1. The minimum atomic E-state index is -0.973. The zero-order chi connectivity index (χ0) is 20.6. The summed E-state index contributed by atoms with van der Waals surface area (Å²) in [6.45, 7) is 0. The Hall–Kier alpha value is -2.61. The predicted octanol–water partition coefficient (Wildman–Crippen LogP) is 3.77. The van der Waals surface area contributed by atoms with Crippen molar-refractivity contribution in [3.8, 4) is 0 Å². The van der Waals surface area contributed by atoms with Crippen molar-refractivity contribution >= 4 is 51.0 Å². The molecule has 2 aliphatic carbocycles. The van der Waals surface area contributed by atoms with E-state index in [2.05, 4.69) is 25.5 Å². The van der Waals surface area contributed by atoms with Crippen LogP contribution in [0, 0.1) is 11.8 Å². The number of halogens is 2. The Bertz CT molecular complexity index is 1320. The minimum absolute atomic E-state index is 0.0357. The average Bonchev–Trinajstić information content (AvgIpc) is 3.16. The summed E-state index contributed by atoms with van der Waals surface area (Å²) in [5, 5.41) is 23.4. The van der Waals surface area contributed by atoms with Crippen LogP contribution in [0.15, 0.2) is 36.5 Å². The molecule has 30 heavy (non-hydrogen) atoms. The quantitative estimate of drug-likeness (QED) is 0.388. The second-order valence-electron chi connectivity index (χ2n) is 8.30. The van der Waals surface area contributed by atoms with E-state index in [0.717, 1.165) is 22.0 Å². The lowest BCUT2D eigenvalue weighted by Gasteiger charge is -2.27. The summed E-state index contributed by atoms with van der Waals surface area (Å²) in [6, 6.07) is 8.93. The van der Waals surface area contributed by atoms with Crippen LogP contribution in [0.1, 0.15) is 29.0 Å². The number of aromatic amines is 2. The summed E-state index contributed by atoms with van der Waals surface area (Å²) in [5.74, 6) is 0.463. The van der Waals surface area contributed by atoms with Gasteiger partial charge in [0, 0.05) is 21.5 Å². The third-order valence-corrected chi connectivity index (χ3v) is 6.91. The van der Waals surface area contributed by atoms with Gasteiger partial charge in [-0.3, -0.25) is 9.89 Å². The maximum absolute atomic E-state index is 12.7. The first-order chi connectivity index (χ1) is 14.4. The summed E-state index contributed by atoms with van der Waals surface area (Å²) in [7, 11) is 0. The molecule has 2 saturated carbocycles. The minimum Gasteiger partial charge on any atom is -0.385 e. The van der Waals surface area contributed by atoms with Gasteiger partial charge in [0.1, 0.15) is 0 Å². The zero-order valence-electron chi connectivity index (χ0n) is 15.6. The van der Waals surface area contributed by atoms with Crippen molar-refractivity contribution in [3.05, 3.63) is 58.0 Å².